The van der Waals surface area contributed by atoms with Gasteiger partial charge in [0.15, 0.2) is 17.3 Å². The summed E-state index contributed by atoms with van der Waals surface area (Å²) in [5, 5.41) is 7.14. The van der Waals surface area contributed by atoms with Crippen LogP contribution in [0.2, 0.25) is 0 Å². The molecular weight excluding hydrogens is 410 g/mol. The van der Waals surface area contributed by atoms with Crippen LogP contribution in [0.3, 0.4) is 0 Å². The molecule has 2 N–H and O–H groups in total. The van der Waals surface area contributed by atoms with Crippen molar-refractivity contribution in [3.63, 3.8) is 0 Å². The Kier molecular flexibility index (Phi) is 6.28. The van der Waals surface area contributed by atoms with Crippen molar-refractivity contribution in [3.05, 3.63) is 88.5 Å². The van der Waals surface area contributed by atoms with Gasteiger partial charge in [0.2, 0.25) is 4.77 Å². The Labute approximate surface area is 185 Å². The zero-order valence-electron chi connectivity index (χ0n) is 17.3. The lowest BCUT2D eigenvalue weighted by Crippen LogP contribution is -2.16. The molecule has 0 aliphatic carbocycles. The molecular formula is C23H23N5O2S. The van der Waals surface area contributed by atoms with Crippen LogP contribution in [0.15, 0.2) is 67.0 Å². The molecule has 4 rings (SSSR count). The second-order valence-corrected chi connectivity index (χ2v) is 7.41. The van der Waals surface area contributed by atoms with Crippen LogP contribution in [0, 0.1) is 11.7 Å². The Hall–Kier alpha value is -3.65. The smallest absolute Gasteiger partial charge is 0.214 e. The van der Waals surface area contributed by atoms with Gasteiger partial charge in [-0.3, -0.25) is 4.98 Å². The molecule has 0 unspecified atom stereocenters. The number of H-pyrrole nitrogens is 1. The minimum absolute atomic E-state index is 0.481. The molecule has 0 atom stereocenters. The van der Waals surface area contributed by atoms with Crippen LogP contribution in [0.5, 0.6) is 11.5 Å². The number of nitrogens with zero attached hydrogens (tertiary/aromatic N) is 3. The van der Waals surface area contributed by atoms with Gasteiger partial charge in [-0.05, 0) is 54.5 Å². The Morgan fingerprint density at radius 2 is 1.87 bits per heavy atom. The summed E-state index contributed by atoms with van der Waals surface area (Å²) in [4.78, 5) is 4.05. The van der Waals surface area contributed by atoms with Crippen molar-refractivity contribution in [3.8, 4) is 22.9 Å². The average Bonchev–Trinajstić information content (AvgIpc) is 3.17. The van der Waals surface area contributed by atoms with Crippen LogP contribution < -0.4 is 14.9 Å². The largest absolute Gasteiger partial charge is 0.493 e. The van der Waals surface area contributed by atoms with Crippen LogP contribution in [0.25, 0.3) is 11.4 Å². The van der Waals surface area contributed by atoms with E-state index >= 15 is 0 Å². The van der Waals surface area contributed by atoms with Crippen LogP contribution in [0.1, 0.15) is 16.7 Å². The van der Waals surface area contributed by atoms with E-state index in [9.17, 15) is 0 Å². The van der Waals surface area contributed by atoms with Crippen LogP contribution in [0.4, 0.5) is 0 Å². The first-order valence-corrected chi connectivity index (χ1v) is 10.2. The number of aromatic nitrogens is 4. The lowest BCUT2D eigenvalue weighted by molar-refractivity contribution is 0.284. The highest BCUT2D eigenvalue weighted by molar-refractivity contribution is 7.71. The van der Waals surface area contributed by atoms with E-state index in [-0.39, 0.29) is 0 Å². The third-order valence-electron chi connectivity index (χ3n) is 4.76. The molecule has 0 aliphatic heterocycles. The highest BCUT2D eigenvalue weighted by Gasteiger charge is 2.10. The number of hydrogen-bond acceptors (Lipinski definition) is 6. The Morgan fingerprint density at radius 1 is 1.03 bits per heavy atom. The minimum Gasteiger partial charge on any atom is -0.493 e. The number of nitrogens with one attached hydrogen (secondary N) is 2. The predicted molar refractivity (Wildman–Crippen MR) is 122 cm³/mol. The predicted octanol–water partition coefficient (Wildman–Crippen LogP) is 4.64. The summed E-state index contributed by atoms with van der Waals surface area (Å²) in [6, 6.07) is 17.9. The van der Waals surface area contributed by atoms with E-state index in [1.165, 1.54) is 5.56 Å². The Morgan fingerprint density at radius 3 is 2.65 bits per heavy atom. The summed E-state index contributed by atoms with van der Waals surface area (Å²) in [5.41, 5.74) is 7.56. The molecule has 0 fully saturated rings. The zero-order valence-corrected chi connectivity index (χ0v) is 18.1. The van der Waals surface area contributed by atoms with Crippen molar-refractivity contribution in [1.29, 1.82) is 0 Å². The molecule has 31 heavy (non-hydrogen) atoms. The molecule has 0 amide bonds. The average molecular weight is 434 g/mol. The Balaban J connectivity index is 1.47. The standard InChI is InChI=1S/C23H23N5O2S/c1-16-4-3-5-18(12-16)15-30-20-7-6-17(13-21(20)29-2)14-25-28-22(26-27-23(28)31)19-8-10-24-11-9-19/h3-13,25H,14-15H2,1-2H3,(H,27,31). The highest BCUT2D eigenvalue weighted by Crippen LogP contribution is 2.29. The van der Waals surface area contributed by atoms with E-state index < -0.39 is 0 Å². The fraction of sp³-hybridized carbons (Fsp3) is 0.174. The van der Waals surface area contributed by atoms with Crippen molar-refractivity contribution >= 4 is 12.2 Å². The maximum absolute atomic E-state index is 5.98. The molecule has 2 aromatic heterocycles. The fourth-order valence-corrected chi connectivity index (χ4v) is 3.41. The van der Waals surface area contributed by atoms with Gasteiger partial charge < -0.3 is 14.9 Å². The van der Waals surface area contributed by atoms with Gasteiger partial charge in [0.25, 0.3) is 0 Å². The summed E-state index contributed by atoms with van der Waals surface area (Å²) in [5.74, 6) is 2.07. The minimum atomic E-state index is 0.481. The van der Waals surface area contributed by atoms with Gasteiger partial charge in [0.1, 0.15) is 6.61 Å². The van der Waals surface area contributed by atoms with Crippen molar-refractivity contribution < 1.29 is 9.47 Å². The molecule has 8 heteroatoms. The second kappa shape index (κ2) is 9.44. The SMILES string of the molecule is COc1cc(CNn2c(-c3ccncc3)n[nH]c2=S)ccc1OCc1cccc(C)c1. The van der Waals surface area contributed by atoms with Crippen molar-refractivity contribution in [2.75, 3.05) is 12.5 Å². The normalized spacial score (nSPS) is 10.6. The summed E-state index contributed by atoms with van der Waals surface area (Å²) >= 11 is 5.37. The summed E-state index contributed by atoms with van der Waals surface area (Å²) in [7, 11) is 1.64. The van der Waals surface area contributed by atoms with E-state index in [1.54, 1.807) is 24.2 Å². The molecule has 2 heterocycles. The van der Waals surface area contributed by atoms with Gasteiger partial charge in [0, 0.05) is 18.0 Å². The summed E-state index contributed by atoms with van der Waals surface area (Å²) < 4.78 is 13.8. The number of rotatable bonds is 8. The molecule has 0 bridgehead atoms. The maximum Gasteiger partial charge on any atom is 0.214 e. The van der Waals surface area contributed by atoms with Gasteiger partial charge >= 0.3 is 0 Å². The summed E-state index contributed by atoms with van der Waals surface area (Å²) in [6.07, 6.45) is 3.44. The third-order valence-corrected chi connectivity index (χ3v) is 5.03. The Bertz CT molecular complexity index is 1220. The molecule has 0 spiro atoms. The van der Waals surface area contributed by atoms with Gasteiger partial charge in [0.05, 0.1) is 13.7 Å². The molecule has 4 aromatic rings. The molecule has 2 aromatic carbocycles. The molecule has 0 saturated carbocycles. The van der Waals surface area contributed by atoms with Crippen molar-refractivity contribution in [2.45, 2.75) is 20.1 Å². The quantitative estimate of drug-likeness (QED) is 0.394. The van der Waals surface area contributed by atoms with Gasteiger partial charge in [-0.15, -0.1) is 0 Å². The molecule has 0 aliphatic rings. The zero-order chi connectivity index (χ0) is 21.6. The third kappa shape index (κ3) is 4.92. The van der Waals surface area contributed by atoms with E-state index in [4.69, 9.17) is 21.7 Å². The van der Waals surface area contributed by atoms with Crippen LogP contribution in [-0.4, -0.2) is 27.0 Å². The van der Waals surface area contributed by atoms with E-state index in [1.807, 2.05) is 42.5 Å². The van der Waals surface area contributed by atoms with E-state index in [0.29, 0.717) is 35.2 Å². The molecule has 0 saturated heterocycles. The number of aryl methyl sites for hydroxylation is 1. The molecule has 0 radical (unpaired) electrons. The number of pyridine rings is 1. The van der Waals surface area contributed by atoms with Gasteiger partial charge in [-0.25, -0.2) is 9.77 Å². The first-order chi connectivity index (χ1) is 15.1. The number of benzene rings is 2. The van der Waals surface area contributed by atoms with Gasteiger partial charge in [-0.1, -0.05) is 35.9 Å². The fourth-order valence-electron chi connectivity index (χ4n) is 3.21. The number of hydrogen-bond donors (Lipinski definition) is 2. The molecule has 7 nitrogen and oxygen atoms in total. The number of methoxy groups -OCH3 is 1. The number of aromatic amines is 1. The monoisotopic (exact) mass is 433 g/mol. The molecule has 158 valence electrons. The van der Waals surface area contributed by atoms with E-state index in [2.05, 4.69) is 39.7 Å². The second-order valence-electron chi connectivity index (χ2n) is 7.02. The maximum atomic E-state index is 5.98. The highest BCUT2D eigenvalue weighted by atomic mass is 32.1. The van der Waals surface area contributed by atoms with E-state index in [0.717, 1.165) is 16.7 Å². The first kappa shape index (κ1) is 20.6. The topological polar surface area (TPSA) is 77.0 Å². The van der Waals surface area contributed by atoms with Crippen LogP contribution >= 0.6 is 12.2 Å². The van der Waals surface area contributed by atoms with Crippen LogP contribution in [-0.2, 0) is 13.2 Å². The van der Waals surface area contributed by atoms with Crippen molar-refractivity contribution in [1.82, 2.24) is 19.9 Å². The first-order valence-electron chi connectivity index (χ1n) is 9.81. The lowest BCUT2D eigenvalue weighted by atomic mass is 10.1. The summed E-state index contributed by atoms with van der Waals surface area (Å²) in [6.45, 7) is 3.08. The number of ether oxygens (including phenoxy) is 2. The van der Waals surface area contributed by atoms with Crippen molar-refractivity contribution in [2.24, 2.45) is 0 Å². The lowest BCUT2D eigenvalue weighted by Gasteiger charge is -2.14. The van der Waals surface area contributed by atoms with Gasteiger partial charge in [-0.2, -0.15) is 5.10 Å².